The van der Waals surface area contributed by atoms with Crippen molar-refractivity contribution in [1.29, 1.82) is 0 Å². The summed E-state index contributed by atoms with van der Waals surface area (Å²) in [5.41, 5.74) is 3.44. The maximum atomic E-state index is 6.26. The van der Waals surface area contributed by atoms with E-state index >= 15 is 0 Å². The first kappa shape index (κ1) is 13.7. The van der Waals surface area contributed by atoms with E-state index < -0.39 is 0 Å². The van der Waals surface area contributed by atoms with Crippen LogP contribution in [0, 0.1) is 0 Å². The number of pyridine rings is 1. The summed E-state index contributed by atoms with van der Waals surface area (Å²) in [5.74, 6) is 0.356. The number of alkyl halides is 1. The van der Waals surface area contributed by atoms with Crippen LogP contribution in [0.15, 0.2) is 48.5 Å². The first-order valence-electron chi connectivity index (χ1n) is 6.09. The summed E-state index contributed by atoms with van der Waals surface area (Å²) in [6.45, 7) is 0. The number of halogens is 3. The molecule has 20 heavy (non-hydrogen) atoms. The van der Waals surface area contributed by atoms with Crippen molar-refractivity contribution >= 4 is 45.7 Å². The molecule has 2 aromatic carbocycles. The van der Waals surface area contributed by atoms with Gasteiger partial charge in [0.05, 0.1) is 11.2 Å². The van der Waals surface area contributed by atoms with Gasteiger partial charge in [0.25, 0.3) is 0 Å². The van der Waals surface area contributed by atoms with Crippen LogP contribution in [0.25, 0.3) is 22.2 Å². The summed E-state index contributed by atoms with van der Waals surface area (Å²) >= 11 is 18.5. The molecule has 0 atom stereocenters. The molecule has 0 radical (unpaired) electrons. The van der Waals surface area contributed by atoms with Gasteiger partial charge in [-0.25, -0.2) is 4.98 Å². The zero-order valence-electron chi connectivity index (χ0n) is 10.4. The highest BCUT2D eigenvalue weighted by Gasteiger charge is 2.12. The van der Waals surface area contributed by atoms with Crippen LogP contribution in [0.1, 0.15) is 5.56 Å². The lowest BCUT2D eigenvalue weighted by atomic mass is 10.0. The smallest absolute Gasteiger partial charge is 0.0768 e. The second-order valence-corrected chi connectivity index (χ2v) is 5.50. The van der Waals surface area contributed by atoms with Crippen LogP contribution >= 0.6 is 34.8 Å². The van der Waals surface area contributed by atoms with Crippen molar-refractivity contribution in [3.63, 3.8) is 0 Å². The lowest BCUT2D eigenvalue weighted by Crippen LogP contribution is -1.93. The highest BCUT2D eigenvalue weighted by molar-refractivity contribution is 6.35. The predicted molar refractivity (Wildman–Crippen MR) is 86.8 cm³/mol. The van der Waals surface area contributed by atoms with Gasteiger partial charge in [0, 0.05) is 26.9 Å². The third kappa shape index (κ3) is 2.37. The molecule has 0 saturated carbocycles. The van der Waals surface area contributed by atoms with Gasteiger partial charge < -0.3 is 0 Å². The molecule has 4 heteroatoms. The Balaban J connectivity index is 2.33. The van der Waals surface area contributed by atoms with Crippen molar-refractivity contribution in [3.05, 3.63) is 64.1 Å². The van der Waals surface area contributed by atoms with E-state index in [1.165, 1.54) is 0 Å². The van der Waals surface area contributed by atoms with Crippen LogP contribution in [0.4, 0.5) is 0 Å². The number of fused-ring (bicyclic) bond motifs is 1. The van der Waals surface area contributed by atoms with Crippen LogP contribution in [0.5, 0.6) is 0 Å². The molecule has 0 N–H and O–H groups in total. The summed E-state index contributed by atoms with van der Waals surface area (Å²) in [6.07, 6.45) is 0. The average molecular weight is 323 g/mol. The first-order valence-corrected chi connectivity index (χ1v) is 7.39. The van der Waals surface area contributed by atoms with Crippen molar-refractivity contribution in [2.24, 2.45) is 0 Å². The molecule has 1 aromatic heterocycles. The zero-order chi connectivity index (χ0) is 14.1. The van der Waals surface area contributed by atoms with Gasteiger partial charge in [0.2, 0.25) is 0 Å². The quantitative estimate of drug-likeness (QED) is 0.531. The van der Waals surface area contributed by atoms with Crippen LogP contribution in [0.2, 0.25) is 10.0 Å². The zero-order valence-corrected chi connectivity index (χ0v) is 12.7. The maximum absolute atomic E-state index is 6.26. The van der Waals surface area contributed by atoms with E-state index in [0.29, 0.717) is 15.9 Å². The van der Waals surface area contributed by atoms with E-state index in [4.69, 9.17) is 34.8 Å². The van der Waals surface area contributed by atoms with Crippen molar-refractivity contribution in [3.8, 4) is 11.3 Å². The first-order chi connectivity index (χ1) is 9.70. The second kappa shape index (κ2) is 5.61. The molecule has 100 valence electrons. The van der Waals surface area contributed by atoms with Crippen LogP contribution in [-0.2, 0) is 5.88 Å². The van der Waals surface area contributed by atoms with E-state index in [1.54, 1.807) is 0 Å². The summed E-state index contributed by atoms with van der Waals surface area (Å²) in [7, 11) is 0. The molecule has 0 unspecified atom stereocenters. The highest BCUT2D eigenvalue weighted by Crippen LogP contribution is 2.33. The van der Waals surface area contributed by atoms with Gasteiger partial charge in [-0.05, 0) is 29.8 Å². The standard InChI is InChI=1S/C16H10Cl3N/c17-9-10-8-12-14(19)6-3-7-15(12)20-16(10)11-4-1-2-5-13(11)18/h1-8H,9H2. The number of hydrogen-bond acceptors (Lipinski definition) is 1. The summed E-state index contributed by atoms with van der Waals surface area (Å²) < 4.78 is 0. The molecular weight excluding hydrogens is 313 g/mol. The SMILES string of the molecule is ClCc1cc2c(Cl)cccc2nc1-c1ccccc1Cl. The fraction of sp³-hybridized carbons (Fsp3) is 0.0625. The molecule has 0 fully saturated rings. The van der Waals surface area contributed by atoms with Gasteiger partial charge in [-0.1, -0.05) is 47.5 Å². The monoisotopic (exact) mass is 321 g/mol. The number of aromatic nitrogens is 1. The van der Waals surface area contributed by atoms with Gasteiger partial charge in [0.15, 0.2) is 0 Å². The number of hydrogen-bond donors (Lipinski definition) is 0. The number of benzene rings is 2. The Labute approximate surface area is 132 Å². The second-order valence-electron chi connectivity index (χ2n) is 4.42. The summed E-state index contributed by atoms with van der Waals surface area (Å²) in [5, 5.41) is 2.24. The molecule has 0 spiro atoms. The molecule has 3 rings (SSSR count). The largest absolute Gasteiger partial charge is 0.247 e. The van der Waals surface area contributed by atoms with Crippen molar-refractivity contribution in [2.75, 3.05) is 0 Å². The Morgan fingerprint density at radius 3 is 2.40 bits per heavy atom. The minimum atomic E-state index is 0.356. The Kier molecular flexibility index (Phi) is 3.84. The van der Waals surface area contributed by atoms with Crippen LogP contribution in [-0.4, -0.2) is 4.98 Å². The molecule has 1 nitrogen and oxygen atoms in total. The predicted octanol–water partition coefficient (Wildman–Crippen LogP) is 5.95. The van der Waals surface area contributed by atoms with Crippen LogP contribution < -0.4 is 0 Å². The Morgan fingerprint density at radius 1 is 0.900 bits per heavy atom. The minimum absolute atomic E-state index is 0.356. The Morgan fingerprint density at radius 2 is 1.65 bits per heavy atom. The van der Waals surface area contributed by atoms with Gasteiger partial charge in [-0.15, -0.1) is 11.6 Å². The van der Waals surface area contributed by atoms with Gasteiger partial charge in [0.1, 0.15) is 0 Å². The molecule has 0 bridgehead atoms. The van der Waals surface area contributed by atoms with E-state index in [9.17, 15) is 0 Å². The Hall–Kier alpha value is -1.28. The van der Waals surface area contributed by atoms with E-state index in [-0.39, 0.29) is 0 Å². The van der Waals surface area contributed by atoms with E-state index in [2.05, 4.69) is 4.98 Å². The number of nitrogens with zero attached hydrogens (tertiary/aromatic N) is 1. The third-order valence-corrected chi connectivity index (χ3v) is 4.10. The fourth-order valence-corrected chi connectivity index (χ4v) is 2.84. The van der Waals surface area contributed by atoms with Gasteiger partial charge in [-0.3, -0.25) is 0 Å². The van der Waals surface area contributed by atoms with Crippen molar-refractivity contribution in [1.82, 2.24) is 4.98 Å². The van der Waals surface area contributed by atoms with Gasteiger partial charge >= 0.3 is 0 Å². The normalized spacial score (nSPS) is 10.9. The number of rotatable bonds is 2. The average Bonchev–Trinajstić information content (AvgIpc) is 2.47. The summed E-state index contributed by atoms with van der Waals surface area (Å²) in [4.78, 5) is 4.68. The molecule has 0 aliphatic heterocycles. The Bertz CT molecular complexity index is 784. The van der Waals surface area contributed by atoms with E-state index in [0.717, 1.165) is 27.7 Å². The molecule has 3 aromatic rings. The molecule has 0 amide bonds. The van der Waals surface area contributed by atoms with Crippen LogP contribution in [0.3, 0.4) is 0 Å². The molecule has 0 aliphatic rings. The third-order valence-electron chi connectivity index (χ3n) is 3.16. The molecule has 0 saturated heterocycles. The molecular formula is C16H10Cl3N. The lowest BCUT2D eigenvalue weighted by Gasteiger charge is -2.11. The van der Waals surface area contributed by atoms with Crippen molar-refractivity contribution < 1.29 is 0 Å². The maximum Gasteiger partial charge on any atom is 0.0768 e. The topological polar surface area (TPSA) is 12.9 Å². The van der Waals surface area contributed by atoms with Gasteiger partial charge in [-0.2, -0.15) is 0 Å². The van der Waals surface area contributed by atoms with Crippen molar-refractivity contribution in [2.45, 2.75) is 5.88 Å². The van der Waals surface area contributed by atoms with E-state index in [1.807, 2.05) is 48.5 Å². The molecule has 1 heterocycles. The fourth-order valence-electron chi connectivity index (χ4n) is 2.19. The molecule has 0 aliphatic carbocycles. The lowest BCUT2D eigenvalue weighted by molar-refractivity contribution is 1.30. The highest BCUT2D eigenvalue weighted by atomic mass is 35.5. The minimum Gasteiger partial charge on any atom is -0.247 e. The summed E-state index contributed by atoms with van der Waals surface area (Å²) in [6, 6.07) is 15.3.